The quantitative estimate of drug-likeness (QED) is 0.769. The van der Waals surface area contributed by atoms with Crippen molar-refractivity contribution in [3.05, 3.63) is 28.7 Å². The molecular weight excluding hydrogens is 248 g/mol. The van der Waals surface area contributed by atoms with Crippen molar-refractivity contribution < 1.29 is 4.79 Å². The van der Waals surface area contributed by atoms with Crippen LogP contribution in [0.2, 0.25) is 0 Å². The number of carbonyl (C=O) groups excluding carboxylic acids is 1. The molecule has 3 heteroatoms. The van der Waals surface area contributed by atoms with Gasteiger partial charge in [-0.3, -0.25) is 4.79 Å². The number of carbonyl (C=O) groups is 1. The Morgan fingerprint density at radius 1 is 1.38 bits per heavy atom. The Kier molecular flexibility index (Phi) is 4.53. The van der Waals surface area contributed by atoms with E-state index < -0.39 is 0 Å². The van der Waals surface area contributed by atoms with Crippen LogP contribution in [-0.2, 0) is 4.79 Å². The normalized spacial score (nSPS) is 10.0. The number of thioether (sulfide) groups is 1. The fourth-order valence-corrected chi connectivity index (χ4v) is 1.92. The van der Waals surface area contributed by atoms with Crippen molar-refractivity contribution in [2.45, 2.75) is 18.2 Å². The highest BCUT2D eigenvalue weighted by molar-refractivity contribution is 9.10. The van der Waals surface area contributed by atoms with Crippen LogP contribution in [0.15, 0.2) is 33.6 Å². The van der Waals surface area contributed by atoms with Crippen molar-refractivity contribution in [1.29, 1.82) is 0 Å². The molecule has 0 saturated carbocycles. The predicted molar refractivity (Wildman–Crippen MR) is 60.2 cm³/mol. The Morgan fingerprint density at radius 2 is 2.00 bits per heavy atom. The van der Waals surface area contributed by atoms with Gasteiger partial charge in [0.25, 0.3) is 0 Å². The van der Waals surface area contributed by atoms with Gasteiger partial charge >= 0.3 is 0 Å². The number of hydrogen-bond acceptors (Lipinski definition) is 2. The fraction of sp³-hybridized carbons (Fsp3) is 0.300. The van der Waals surface area contributed by atoms with E-state index in [-0.39, 0.29) is 0 Å². The third-order valence-corrected chi connectivity index (χ3v) is 3.21. The minimum Gasteiger partial charge on any atom is -0.299 e. The predicted octanol–water partition coefficient (Wildman–Crippen LogP) is 3.52. The fourth-order valence-electron chi connectivity index (χ4n) is 0.797. The molecule has 0 saturated heterocycles. The van der Waals surface area contributed by atoms with Gasteiger partial charge in [-0.15, -0.1) is 11.8 Å². The van der Waals surface area contributed by atoms with Gasteiger partial charge in [0.1, 0.15) is 5.78 Å². The Labute approximate surface area is 91.0 Å². The molecule has 0 spiro atoms. The molecule has 70 valence electrons. The summed E-state index contributed by atoms with van der Waals surface area (Å²) in [6, 6.07) is 7.99. The van der Waals surface area contributed by atoms with Gasteiger partial charge in [0, 0.05) is 15.8 Å². The van der Waals surface area contributed by atoms with Crippen molar-refractivity contribution in [2.24, 2.45) is 0 Å². The summed E-state index contributed by atoms with van der Waals surface area (Å²) in [7, 11) is 0. The van der Waals surface area contributed by atoms with Crippen molar-refractivity contribution >= 4 is 33.5 Å². The molecule has 0 bridgehead atoms. The number of rotatable bonds is 4. The summed E-state index contributed by atoms with van der Waals surface area (Å²) in [6.07, 6.45) is 0.629. The lowest BCUT2D eigenvalue weighted by Crippen LogP contribution is -1.97. The van der Waals surface area contributed by atoms with E-state index in [1.165, 1.54) is 0 Å². The standard InChI is InChI=1S/C10H11BrOS/c1-2-9(12)7-13-10-5-3-8(11)4-6-10/h3-6H,2,7H2,1H3. The van der Waals surface area contributed by atoms with Crippen LogP contribution in [0.1, 0.15) is 13.3 Å². The highest BCUT2D eigenvalue weighted by Gasteiger charge is 1.99. The molecule has 1 aromatic rings. The zero-order valence-corrected chi connectivity index (χ0v) is 9.82. The van der Waals surface area contributed by atoms with E-state index >= 15 is 0 Å². The summed E-state index contributed by atoms with van der Waals surface area (Å²) in [6.45, 7) is 1.89. The lowest BCUT2D eigenvalue weighted by atomic mass is 10.4. The highest BCUT2D eigenvalue weighted by atomic mass is 79.9. The molecule has 0 amide bonds. The lowest BCUT2D eigenvalue weighted by molar-refractivity contribution is -0.116. The second-order valence-electron chi connectivity index (χ2n) is 2.63. The summed E-state index contributed by atoms with van der Waals surface area (Å²) >= 11 is 4.95. The largest absolute Gasteiger partial charge is 0.299 e. The van der Waals surface area contributed by atoms with Crippen molar-refractivity contribution in [3.63, 3.8) is 0 Å². The van der Waals surface area contributed by atoms with Gasteiger partial charge < -0.3 is 0 Å². The van der Waals surface area contributed by atoms with Crippen LogP contribution < -0.4 is 0 Å². The van der Waals surface area contributed by atoms with Gasteiger partial charge in [-0.1, -0.05) is 22.9 Å². The van der Waals surface area contributed by atoms with E-state index in [1.807, 2.05) is 31.2 Å². The van der Waals surface area contributed by atoms with E-state index in [0.717, 1.165) is 9.37 Å². The zero-order valence-electron chi connectivity index (χ0n) is 7.42. The first kappa shape index (κ1) is 10.8. The average Bonchev–Trinajstić information content (AvgIpc) is 2.16. The van der Waals surface area contributed by atoms with Crippen LogP contribution in [0, 0.1) is 0 Å². The highest BCUT2D eigenvalue weighted by Crippen LogP contribution is 2.20. The minimum absolute atomic E-state index is 0.299. The van der Waals surface area contributed by atoms with E-state index in [2.05, 4.69) is 15.9 Å². The first-order valence-electron chi connectivity index (χ1n) is 4.12. The SMILES string of the molecule is CCC(=O)CSc1ccc(Br)cc1. The second-order valence-corrected chi connectivity index (χ2v) is 4.60. The van der Waals surface area contributed by atoms with Crippen LogP contribution in [0.25, 0.3) is 0 Å². The number of benzene rings is 1. The molecule has 1 rings (SSSR count). The van der Waals surface area contributed by atoms with Gasteiger partial charge in [-0.2, -0.15) is 0 Å². The molecule has 0 aliphatic rings. The first-order valence-corrected chi connectivity index (χ1v) is 5.90. The zero-order chi connectivity index (χ0) is 9.68. The molecule has 0 aliphatic heterocycles. The Morgan fingerprint density at radius 3 is 2.54 bits per heavy atom. The Balaban J connectivity index is 2.46. The first-order chi connectivity index (χ1) is 6.22. The molecule has 0 aliphatic carbocycles. The summed E-state index contributed by atoms with van der Waals surface area (Å²) in [5.74, 6) is 0.880. The van der Waals surface area contributed by atoms with E-state index in [9.17, 15) is 4.79 Å². The maximum Gasteiger partial charge on any atom is 0.142 e. The Hall–Kier alpha value is -0.280. The smallest absolute Gasteiger partial charge is 0.142 e. The molecule has 0 N–H and O–H groups in total. The maximum atomic E-state index is 11.0. The molecule has 0 aromatic heterocycles. The molecule has 0 radical (unpaired) electrons. The van der Waals surface area contributed by atoms with Gasteiger partial charge in [0.2, 0.25) is 0 Å². The van der Waals surface area contributed by atoms with Crippen LogP contribution in [0.4, 0.5) is 0 Å². The molecule has 1 nitrogen and oxygen atoms in total. The summed E-state index contributed by atoms with van der Waals surface area (Å²) in [5.41, 5.74) is 0. The number of Topliss-reactive ketones (excluding diaryl/α,β-unsaturated/α-hetero) is 1. The molecule has 0 heterocycles. The van der Waals surface area contributed by atoms with Gasteiger partial charge in [-0.25, -0.2) is 0 Å². The average molecular weight is 259 g/mol. The minimum atomic E-state index is 0.299. The number of hydrogen-bond donors (Lipinski definition) is 0. The molecule has 1 aromatic carbocycles. The summed E-state index contributed by atoms with van der Waals surface area (Å²) < 4.78 is 1.07. The third-order valence-electron chi connectivity index (χ3n) is 1.61. The van der Waals surface area contributed by atoms with Crippen LogP contribution in [0.5, 0.6) is 0 Å². The van der Waals surface area contributed by atoms with Crippen LogP contribution in [-0.4, -0.2) is 11.5 Å². The molecule has 0 atom stereocenters. The van der Waals surface area contributed by atoms with Crippen LogP contribution in [0.3, 0.4) is 0 Å². The van der Waals surface area contributed by atoms with Gasteiger partial charge in [-0.05, 0) is 24.3 Å². The number of halogens is 1. The lowest BCUT2D eigenvalue weighted by Gasteiger charge is -1.99. The van der Waals surface area contributed by atoms with E-state index in [1.54, 1.807) is 11.8 Å². The second kappa shape index (κ2) is 5.45. The van der Waals surface area contributed by atoms with Crippen molar-refractivity contribution in [1.82, 2.24) is 0 Å². The Bertz CT molecular complexity index is 281. The maximum absolute atomic E-state index is 11.0. The third kappa shape index (κ3) is 3.96. The number of ketones is 1. The van der Waals surface area contributed by atoms with Crippen molar-refractivity contribution in [2.75, 3.05) is 5.75 Å². The molecule has 13 heavy (non-hydrogen) atoms. The summed E-state index contributed by atoms with van der Waals surface area (Å²) in [5, 5.41) is 0. The monoisotopic (exact) mass is 258 g/mol. The molecule has 0 fully saturated rings. The summed E-state index contributed by atoms with van der Waals surface area (Å²) in [4.78, 5) is 12.2. The topological polar surface area (TPSA) is 17.1 Å². The van der Waals surface area contributed by atoms with Gasteiger partial charge in [0.05, 0.1) is 5.75 Å². The molecule has 0 unspecified atom stereocenters. The van der Waals surface area contributed by atoms with E-state index in [4.69, 9.17) is 0 Å². The molecular formula is C10H11BrOS. The van der Waals surface area contributed by atoms with E-state index in [0.29, 0.717) is 18.0 Å². The van der Waals surface area contributed by atoms with Crippen molar-refractivity contribution in [3.8, 4) is 0 Å². The van der Waals surface area contributed by atoms with Gasteiger partial charge in [0.15, 0.2) is 0 Å². The van der Waals surface area contributed by atoms with Crippen LogP contribution >= 0.6 is 27.7 Å².